The molecule has 0 amide bonds. The number of nitrogens with one attached hydrogen (secondary N) is 1. The first-order chi connectivity index (χ1) is 8.38. The summed E-state index contributed by atoms with van der Waals surface area (Å²) in [7, 11) is 1.59. The van der Waals surface area contributed by atoms with Crippen LogP contribution in [-0.4, -0.2) is 23.0 Å². The Hall–Kier alpha value is -2.10. The van der Waals surface area contributed by atoms with Gasteiger partial charge in [0.2, 0.25) is 0 Å². The number of benzene rings is 1. The third-order valence-electron chi connectivity index (χ3n) is 3.06. The van der Waals surface area contributed by atoms with E-state index in [1.807, 2.05) is 6.07 Å². The van der Waals surface area contributed by atoms with Crippen LogP contribution in [0.5, 0.6) is 0 Å². The van der Waals surface area contributed by atoms with Gasteiger partial charge in [0.05, 0.1) is 11.4 Å². The van der Waals surface area contributed by atoms with Crippen molar-refractivity contribution >= 4 is 5.71 Å². The van der Waals surface area contributed by atoms with Crippen LogP contribution in [0.15, 0.2) is 35.6 Å². The lowest BCUT2D eigenvalue weighted by Crippen LogP contribution is -1.95. The van der Waals surface area contributed by atoms with Crippen molar-refractivity contribution in [3.63, 3.8) is 0 Å². The minimum absolute atomic E-state index is 0.954. The van der Waals surface area contributed by atoms with Gasteiger partial charge in [-0.3, -0.25) is 5.10 Å². The first-order valence-electron chi connectivity index (χ1n) is 5.61. The van der Waals surface area contributed by atoms with Crippen LogP contribution in [0.2, 0.25) is 0 Å². The summed E-state index contributed by atoms with van der Waals surface area (Å²) in [5, 5.41) is 11.0. The predicted octanol–water partition coefficient (Wildman–Crippen LogP) is 2.37. The molecule has 1 heterocycles. The van der Waals surface area contributed by atoms with Crippen molar-refractivity contribution < 1.29 is 4.84 Å². The second-order valence-corrected chi connectivity index (χ2v) is 4.06. The number of aromatic amines is 1. The quantitative estimate of drug-likeness (QED) is 0.801. The van der Waals surface area contributed by atoms with E-state index in [-0.39, 0.29) is 0 Å². The fraction of sp³-hybridized carbons (Fsp3) is 0.231. The van der Waals surface area contributed by atoms with Crippen molar-refractivity contribution in [1.29, 1.82) is 0 Å². The molecule has 0 unspecified atom stereocenters. The number of fused-ring (bicyclic) bond motifs is 1. The van der Waals surface area contributed by atoms with E-state index in [4.69, 9.17) is 4.84 Å². The van der Waals surface area contributed by atoms with Gasteiger partial charge in [-0.2, -0.15) is 5.10 Å². The molecular formula is C13H13N3O. The summed E-state index contributed by atoms with van der Waals surface area (Å²) in [5.41, 5.74) is 5.78. The standard InChI is InChI=1S/C13H13N3O/c1-17-16-13-5-3-9-8-10(2-4-11(9)13)12-6-7-14-15-12/h2,4,6-8H,3,5H2,1H3,(H,14,15)/b16-13-. The van der Waals surface area contributed by atoms with Gasteiger partial charge in [0.15, 0.2) is 0 Å². The lowest BCUT2D eigenvalue weighted by Gasteiger charge is -2.03. The highest BCUT2D eigenvalue weighted by molar-refractivity contribution is 6.04. The van der Waals surface area contributed by atoms with Gasteiger partial charge in [-0.05, 0) is 36.1 Å². The maximum absolute atomic E-state index is 4.86. The van der Waals surface area contributed by atoms with Crippen molar-refractivity contribution in [2.45, 2.75) is 12.8 Å². The minimum atomic E-state index is 0.954. The molecule has 0 saturated carbocycles. The number of hydrogen-bond acceptors (Lipinski definition) is 3. The Morgan fingerprint density at radius 3 is 3.00 bits per heavy atom. The number of aromatic nitrogens is 2. The van der Waals surface area contributed by atoms with Crippen molar-refractivity contribution in [2.24, 2.45) is 5.16 Å². The zero-order valence-electron chi connectivity index (χ0n) is 9.60. The number of oxime groups is 1. The van der Waals surface area contributed by atoms with Crippen LogP contribution in [0.25, 0.3) is 11.3 Å². The van der Waals surface area contributed by atoms with Gasteiger partial charge in [-0.25, -0.2) is 0 Å². The summed E-state index contributed by atoms with van der Waals surface area (Å²) in [5.74, 6) is 0. The van der Waals surface area contributed by atoms with Crippen LogP contribution in [0, 0.1) is 0 Å². The highest BCUT2D eigenvalue weighted by atomic mass is 16.6. The van der Waals surface area contributed by atoms with Gasteiger partial charge < -0.3 is 4.84 Å². The highest BCUT2D eigenvalue weighted by Crippen LogP contribution is 2.27. The molecule has 4 heteroatoms. The smallest absolute Gasteiger partial charge is 0.106 e. The van der Waals surface area contributed by atoms with Crippen LogP contribution in [-0.2, 0) is 11.3 Å². The summed E-state index contributed by atoms with van der Waals surface area (Å²) in [6.07, 6.45) is 3.75. The van der Waals surface area contributed by atoms with Crippen LogP contribution in [0.3, 0.4) is 0 Å². The van der Waals surface area contributed by atoms with Crippen LogP contribution in [0.1, 0.15) is 17.5 Å². The SMILES string of the molecule is CO/N=C1/CCc2cc(-c3ccn[nH]3)ccc21. The van der Waals surface area contributed by atoms with E-state index in [0.29, 0.717) is 0 Å². The molecule has 0 aliphatic heterocycles. The molecule has 0 radical (unpaired) electrons. The Morgan fingerprint density at radius 2 is 2.24 bits per heavy atom. The van der Waals surface area contributed by atoms with E-state index in [1.54, 1.807) is 13.3 Å². The fourth-order valence-corrected chi connectivity index (χ4v) is 2.26. The molecule has 3 rings (SSSR count). The topological polar surface area (TPSA) is 50.3 Å². The van der Waals surface area contributed by atoms with E-state index < -0.39 is 0 Å². The molecule has 1 N–H and O–H groups in total. The zero-order chi connectivity index (χ0) is 11.7. The lowest BCUT2D eigenvalue weighted by molar-refractivity contribution is 0.213. The summed E-state index contributed by atoms with van der Waals surface area (Å²) in [6.45, 7) is 0. The van der Waals surface area contributed by atoms with Gasteiger partial charge >= 0.3 is 0 Å². The Kier molecular flexibility index (Phi) is 2.40. The molecule has 0 fully saturated rings. The van der Waals surface area contributed by atoms with Crippen molar-refractivity contribution in [3.05, 3.63) is 41.6 Å². The van der Waals surface area contributed by atoms with E-state index in [9.17, 15) is 0 Å². The Bertz CT molecular complexity index is 558. The van der Waals surface area contributed by atoms with Crippen LogP contribution >= 0.6 is 0 Å². The molecule has 0 atom stereocenters. The molecule has 4 nitrogen and oxygen atoms in total. The van der Waals surface area contributed by atoms with Crippen LogP contribution in [0.4, 0.5) is 0 Å². The maximum Gasteiger partial charge on any atom is 0.106 e. The first kappa shape index (κ1) is 10.1. The number of rotatable bonds is 2. The van der Waals surface area contributed by atoms with Crippen molar-refractivity contribution in [2.75, 3.05) is 7.11 Å². The summed E-state index contributed by atoms with van der Waals surface area (Å²) in [4.78, 5) is 4.86. The Balaban J connectivity index is 2.02. The zero-order valence-corrected chi connectivity index (χ0v) is 9.60. The van der Waals surface area contributed by atoms with Gasteiger partial charge in [-0.1, -0.05) is 17.3 Å². The minimum Gasteiger partial charge on any atom is -0.399 e. The molecule has 86 valence electrons. The molecule has 0 spiro atoms. The molecule has 17 heavy (non-hydrogen) atoms. The Labute approximate surface area is 99.3 Å². The van der Waals surface area contributed by atoms with Gasteiger partial charge in [0, 0.05) is 11.8 Å². The third kappa shape index (κ3) is 1.71. The summed E-state index contributed by atoms with van der Waals surface area (Å²) >= 11 is 0. The normalized spacial score (nSPS) is 16.2. The number of hydrogen-bond donors (Lipinski definition) is 1. The van der Waals surface area contributed by atoms with Gasteiger partial charge in [0.1, 0.15) is 7.11 Å². The molecule has 1 aliphatic carbocycles. The third-order valence-corrected chi connectivity index (χ3v) is 3.06. The molecule has 1 aromatic carbocycles. The van der Waals surface area contributed by atoms with Gasteiger partial charge in [0.25, 0.3) is 0 Å². The fourth-order valence-electron chi connectivity index (χ4n) is 2.26. The first-order valence-corrected chi connectivity index (χ1v) is 5.61. The molecular weight excluding hydrogens is 214 g/mol. The average Bonchev–Trinajstić information content (AvgIpc) is 2.98. The molecule has 0 bridgehead atoms. The van der Waals surface area contributed by atoms with E-state index in [2.05, 4.69) is 33.6 Å². The van der Waals surface area contributed by atoms with E-state index >= 15 is 0 Å². The monoisotopic (exact) mass is 227 g/mol. The summed E-state index contributed by atoms with van der Waals surface area (Å²) in [6, 6.07) is 8.36. The summed E-state index contributed by atoms with van der Waals surface area (Å²) < 4.78 is 0. The van der Waals surface area contributed by atoms with Crippen molar-refractivity contribution in [1.82, 2.24) is 10.2 Å². The molecule has 0 saturated heterocycles. The molecule has 2 aromatic rings. The lowest BCUT2D eigenvalue weighted by atomic mass is 10.0. The van der Waals surface area contributed by atoms with E-state index in [1.165, 1.54) is 16.7 Å². The van der Waals surface area contributed by atoms with Crippen LogP contribution < -0.4 is 0 Å². The number of H-pyrrole nitrogens is 1. The molecule has 1 aromatic heterocycles. The Morgan fingerprint density at radius 1 is 1.29 bits per heavy atom. The van der Waals surface area contributed by atoms with Gasteiger partial charge in [-0.15, -0.1) is 0 Å². The maximum atomic E-state index is 4.86. The second kappa shape index (κ2) is 4.05. The predicted molar refractivity (Wildman–Crippen MR) is 65.9 cm³/mol. The number of nitrogens with zero attached hydrogens (tertiary/aromatic N) is 2. The largest absolute Gasteiger partial charge is 0.399 e. The number of aryl methyl sites for hydroxylation is 1. The van der Waals surface area contributed by atoms with Crippen molar-refractivity contribution in [3.8, 4) is 11.3 Å². The van der Waals surface area contributed by atoms with E-state index in [0.717, 1.165) is 24.2 Å². The second-order valence-electron chi connectivity index (χ2n) is 4.06. The average molecular weight is 227 g/mol. The molecule has 1 aliphatic rings. The highest BCUT2D eigenvalue weighted by Gasteiger charge is 2.18.